The van der Waals surface area contributed by atoms with Crippen molar-refractivity contribution in [1.29, 1.82) is 0 Å². The van der Waals surface area contributed by atoms with E-state index in [9.17, 15) is 14.7 Å². The number of nitrogens with zero attached hydrogens (tertiary/aromatic N) is 5. The molecule has 3 fully saturated rings. The Hall–Kier alpha value is -2.73. The van der Waals surface area contributed by atoms with Gasteiger partial charge in [0.15, 0.2) is 16.7 Å². The van der Waals surface area contributed by atoms with Crippen LogP contribution in [0.3, 0.4) is 0 Å². The fraction of sp³-hybridized carbons (Fsp3) is 0.633. The van der Waals surface area contributed by atoms with Crippen LogP contribution in [0.25, 0.3) is 0 Å². The number of carbonyl (C=O) groups excluding carboxylic acids is 2. The average molecular weight is 634 g/mol. The number of hydrogen-bond donors (Lipinski definition) is 4. The van der Waals surface area contributed by atoms with Gasteiger partial charge in [-0.05, 0) is 76.5 Å². The summed E-state index contributed by atoms with van der Waals surface area (Å²) >= 11 is 12.6. The zero-order chi connectivity index (χ0) is 30.7. The maximum Gasteiger partial charge on any atom is 0.274 e. The predicted octanol–water partition coefficient (Wildman–Crippen LogP) is 4.03. The SMILES string of the molecule is CCC1CC(c2nc(N)c(C(=O)N[C@H]3CCC[C@@H]3O)nc2Cl)CCCCN1C1CCN(C(=O)c2ccc(Cl)nc2N)CC1. The monoisotopic (exact) mass is 632 g/mol. The van der Waals surface area contributed by atoms with E-state index in [1.807, 2.05) is 4.90 Å². The van der Waals surface area contributed by atoms with E-state index in [-0.39, 0.29) is 45.5 Å². The number of aliphatic hydroxyl groups is 1. The second-order valence-electron chi connectivity index (χ2n) is 12.0. The lowest BCUT2D eigenvalue weighted by Crippen LogP contribution is -2.51. The first-order chi connectivity index (χ1) is 20.7. The summed E-state index contributed by atoms with van der Waals surface area (Å²) in [6, 6.07) is 3.59. The largest absolute Gasteiger partial charge is 0.391 e. The third kappa shape index (κ3) is 7.16. The minimum Gasteiger partial charge on any atom is -0.391 e. The van der Waals surface area contributed by atoms with Crippen molar-refractivity contribution in [2.75, 3.05) is 31.1 Å². The number of carbonyl (C=O) groups is 2. The summed E-state index contributed by atoms with van der Waals surface area (Å²) in [6.07, 6.45) is 8.22. The van der Waals surface area contributed by atoms with Crippen LogP contribution in [0.1, 0.15) is 104 Å². The molecule has 4 atom stereocenters. The van der Waals surface area contributed by atoms with Gasteiger partial charge in [-0.15, -0.1) is 0 Å². The Morgan fingerprint density at radius 1 is 0.977 bits per heavy atom. The number of piperidine rings is 1. The van der Waals surface area contributed by atoms with E-state index < -0.39 is 12.0 Å². The van der Waals surface area contributed by atoms with Crippen LogP contribution in [-0.2, 0) is 0 Å². The predicted molar refractivity (Wildman–Crippen MR) is 167 cm³/mol. The van der Waals surface area contributed by atoms with Crippen LogP contribution >= 0.6 is 23.2 Å². The molecule has 2 aromatic heterocycles. The lowest BCUT2D eigenvalue weighted by atomic mass is 9.86. The van der Waals surface area contributed by atoms with Gasteiger partial charge in [-0.25, -0.2) is 15.0 Å². The molecule has 0 bridgehead atoms. The van der Waals surface area contributed by atoms with E-state index in [0.717, 1.165) is 57.9 Å². The molecule has 3 aliphatic rings. The Kier molecular flexibility index (Phi) is 10.3. The molecule has 2 aromatic rings. The standard InChI is InChI=1S/C30H42Cl2N8O3/c1-2-18-16-17(24-26(32)37-25(28(34)38-24)29(42)35-21-7-5-8-22(21)41)6-3-4-13-40(18)19-11-14-39(15-12-19)30(43)20-9-10-23(31)36-27(20)33/h9-10,17-19,21-22,41H,2-8,11-16H2,1H3,(H2,33,36)(H2,34,38)(H,35,42)/t17?,18?,21-,22-/m0/s1. The molecule has 2 unspecified atom stereocenters. The summed E-state index contributed by atoms with van der Waals surface area (Å²) in [6.45, 7) is 4.51. The van der Waals surface area contributed by atoms with Gasteiger partial charge >= 0.3 is 0 Å². The molecule has 5 rings (SSSR count). The van der Waals surface area contributed by atoms with Gasteiger partial charge in [0.05, 0.1) is 23.4 Å². The first kappa shape index (κ1) is 31.7. The normalized spacial score (nSPS) is 25.7. The first-order valence-corrected chi connectivity index (χ1v) is 16.2. The van der Waals surface area contributed by atoms with Crippen LogP contribution in [-0.4, -0.2) is 85.5 Å². The molecule has 0 aromatic carbocycles. The van der Waals surface area contributed by atoms with Crippen molar-refractivity contribution < 1.29 is 14.7 Å². The van der Waals surface area contributed by atoms with Gasteiger partial charge in [0.25, 0.3) is 11.8 Å². The van der Waals surface area contributed by atoms with E-state index in [1.165, 1.54) is 0 Å². The number of nitrogens with one attached hydrogen (secondary N) is 1. The van der Waals surface area contributed by atoms with Crippen molar-refractivity contribution >= 4 is 46.7 Å². The van der Waals surface area contributed by atoms with Crippen LogP contribution in [0.15, 0.2) is 12.1 Å². The molecule has 2 saturated heterocycles. The summed E-state index contributed by atoms with van der Waals surface area (Å²) in [7, 11) is 0. The van der Waals surface area contributed by atoms with Crippen LogP contribution in [0.2, 0.25) is 10.3 Å². The fourth-order valence-electron chi connectivity index (χ4n) is 7.00. The zero-order valence-electron chi connectivity index (χ0n) is 24.6. The van der Waals surface area contributed by atoms with Crippen LogP contribution in [0, 0.1) is 0 Å². The van der Waals surface area contributed by atoms with Gasteiger partial charge in [0.2, 0.25) is 0 Å². The minimum atomic E-state index is -0.566. The lowest BCUT2D eigenvalue weighted by molar-refractivity contribution is 0.0460. The van der Waals surface area contributed by atoms with Gasteiger partial charge < -0.3 is 26.8 Å². The Morgan fingerprint density at radius 2 is 1.74 bits per heavy atom. The molecule has 2 amide bonds. The van der Waals surface area contributed by atoms with E-state index in [2.05, 4.69) is 32.1 Å². The smallest absolute Gasteiger partial charge is 0.274 e. The van der Waals surface area contributed by atoms with E-state index in [4.69, 9.17) is 34.7 Å². The Labute approximate surface area is 262 Å². The van der Waals surface area contributed by atoms with E-state index in [0.29, 0.717) is 49.3 Å². The molecule has 1 saturated carbocycles. The Bertz CT molecular complexity index is 1320. The number of pyridine rings is 1. The summed E-state index contributed by atoms with van der Waals surface area (Å²) in [5, 5.41) is 13.4. The molecule has 6 N–H and O–H groups in total. The molecule has 0 radical (unpaired) electrons. The maximum atomic E-state index is 13.1. The van der Waals surface area contributed by atoms with Gasteiger partial charge in [0, 0.05) is 31.1 Å². The summed E-state index contributed by atoms with van der Waals surface area (Å²) in [5.41, 5.74) is 13.3. The number of anilines is 2. The van der Waals surface area contributed by atoms with E-state index >= 15 is 0 Å². The quantitative estimate of drug-likeness (QED) is 0.344. The average Bonchev–Trinajstić information content (AvgIpc) is 3.38. The molecule has 13 heteroatoms. The third-order valence-electron chi connectivity index (χ3n) is 9.36. The molecular formula is C30H42Cl2N8O3. The molecule has 234 valence electrons. The van der Waals surface area contributed by atoms with Gasteiger partial charge in [-0.2, -0.15) is 0 Å². The van der Waals surface area contributed by atoms with Crippen molar-refractivity contribution in [3.63, 3.8) is 0 Å². The number of amides is 2. The van der Waals surface area contributed by atoms with Crippen molar-refractivity contribution in [2.45, 2.75) is 101 Å². The van der Waals surface area contributed by atoms with Crippen LogP contribution in [0.4, 0.5) is 11.6 Å². The highest BCUT2D eigenvalue weighted by atomic mass is 35.5. The van der Waals surface area contributed by atoms with Gasteiger partial charge in [-0.3, -0.25) is 14.5 Å². The molecule has 4 heterocycles. The van der Waals surface area contributed by atoms with Crippen molar-refractivity contribution in [3.8, 4) is 0 Å². The number of aromatic nitrogens is 3. The summed E-state index contributed by atoms with van der Waals surface area (Å²) < 4.78 is 0. The minimum absolute atomic E-state index is 0.00445. The summed E-state index contributed by atoms with van der Waals surface area (Å²) in [4.78, 5) is 43.6. The molecule has 43 heavy (non-hydrogen) atoms. The van der Waals surface area contributed by atoms with E-state index in [1.54, 1.807) is 12.1 Å². The van der Waals surface area contributed by atoms with Crippen molar-refractivity contribution in [3.05, 3.63) is 39.4 Å². The Balaban J connectivity index is 1.25. The van der Waals surface area contributed by atoms with Gasteiger partial charge in [0.1, 0.15) is 11.0 Å². The number of nitrogen functional groups attached to an aromatic ring is 2. The summed E-state index contributed by atoms with van der Waals surface area (Å²) in [5.74, 6) is -0.290. The third-order valence-corrected chi connectivity index (χ3v) is 9.85. The maximum absolute atomic E-state index is 13.1. The van der Waals surface area contributed by atoms with Crippen molar-refractivity contribution in [1.82, 2.24) is 30.1 Å². The number of halogens is 2. The van der Waals surface area contributed by atoms with Crippen LogP contribution in [0.5, 0.6) is 0 Å². The molecule has 0 spiro atoms. The van der Waals surface area contributed by atoms with Gasteiger partial charge in [-0.1, -0.05) is 36.5 Å². The molecule has 11 nitrogen and oxygen atoms in total. The molecule has 1 aliphatic carbocycles. The topological polar surface area (TPSA) is 164 Å². The highest BCUT2D eigenvalue weighted by Crippen LogP contribution is 2.36. The highest BCUT2D eigenvalue weighted by molar-refractivity contribution is 6.30. The fourth-order valence-corrected chi connectivity index (χ4v) is 7.43. The molecule has 2 aliphatic heterocycles. The second-order valence-corrected chi connectivity index (χ2v) is 12.8. The Morgan fingerprint density at radius 3 is 2.42 bits per heavy atom. The second kappa shape index (κ2) is 13.9. The number of aliphatic hydroxyl groups excluding tert-OH is 1. The molecular weight excluding hydrogens is 591 g/mol. The number of nitrogens with two attached hydrogens (primary N) is 2. The number of hydrogen-bond acceptors (Lipinski definition) is 9. The van der Waals surface area contributed by atoms with Crippen molar-refractivity contribution in [2.24, 2.45) is 0 Å². The highest BCUT2D eigenvalue weighted by Gasteiger charge is 2.35. The van der Waals surface area contributed by atoms with Crippen LogP contribution < -0.4 is 16.8 Å². The zero-order valence-corrected chi connectivity index (χ0v) is 26.2. The first-order valence-electron chi connectivity index (χ1n) is 15.4. The lowest BCUT2D eigenvalue weighted by Gasteiger charge is -2.44. The number of likely N-dealkylation sites (tertiary alicyclic amines) is 2. The number of rotatable bonds is 6.